The predicted molar refractivity (Wildman–Crippen MR) is 289 cm³/mol. The van der Waals surface area contributed by atoms with Crippen LogP contribution in [-0.4, -0.2) is 49.3 Å². The van der Waals surface area contributed by atoms with Crippen LogP contribution in [0.1, 0.15) is 264 Å². The number of unbranched alkanes of at least 4 members (excludes halogenated alkanes) is 30. The van der Waals surface area contributed by atoms with E-state index in [0.717, 1.165) is 77.0 Å². The lowest BCUT2D eigenvalue weighted by Gasteiger charge is -2.19. The maximum Gasteiger partial charge on any atom is 0.472 e. The van der Waals surface area contributed by atoms with Gasteiger partial charge in [-0.15, -0.1) is 0 Å². The van der Waals surface area contributed by atoms with Crippen molar-refractivity contribution in [2.75, 3.05) is 26.4 Å². The molecule has 9 nitrogen and oxygen atoms in total. The van der Waals surface area contributed by atoms with Gasteiger partial charge in [-0.2, -0.15) is 0 Å². The number of phosphoric acid groups is 1. The second-order valence-electron chi connectivity index (χ2n) is 18.8. The Morgan fingerprint density at radius 1 is 0.456 bits per heavy atom. The van der Waals surface area contributed by atoms with Gasteiger partial charge in [-0.25, -0.2) is 4.57 Å². The second kappa shape index (κ2) is 54.1. The third kappa shape index (κ3) is 53.1. The number of esters is 2. The van der Waals surface area contributed by atoms with Crippen LogP contribution in [0.3, 0.4) is 0 Å². The second-order valence-corrected chi connectivity index (χ2v) is 20.2. The Labute approximate surface area is 419 Å². The third-order valence-electron chi connectivity index (χ3n) is 12.2. The molecule has 0 bridgehead atoms. The van der Waals surface area contributed by atoms with E-state index in [2.05, 4.69) is 74.6 Å². The summed E-state index contributed by atoms with van der Waals surface area (Å²) in [5.74, 6) is -0.821. The molecule has 0 fully saturated rings. The van der Waals surface area contributed by atoms with Gasteiger partial charge >= 0.3 is 19.8 Å². The molecule has 68 heavy (non-hydrogen) atoms. The molecule has 0 saturated carbocycles. The van der Waals surface area contributed by atoms with E-state index < -0.39 is 26.5 Å². The standard InChI is InChI=1S/C58H106NO8P/c1-3-5-7-9-11-13-15-17-19-21-23-25-26-27-28-29-30-31-33-35-37-39-41-43-45-47-49-51-58(61)67-56(55-66-68(62,63)65-53-52-59)54-64-57(60)50-48-46-44-42-40-38-36-34-32-24-22-20-18-16-14-12-10-8-6-4-2/h5,7,11,13,17,19,23,25,27-28,56H,3-4,6,8-10,12,14-16,18,20-22,24,26,29-55,59H2,1-2H3,(H,62,63)/b7-5-,13-11-,19-17-,25-23-,28-27-. The first-order chi connectivity index (χ1) is 33.3. The van der Waals surface area contributed by atoms with Crippen LogP contribution >= 0.6 is 7.82 Å². The molecular weight excluding hydrogens is 870 g/mol. The summed E-state index contributed by atoms with van der Waals surface area (Å²) >= 11 is 0. The van der Waals surface area contributed by atoms with Gasteiger partial charge < -0.3 is 20.1 Å². The quantitative estimate of drug-likeness (QED) is 0.0264. The highest BCUT2D eigenvalue weighted by Gasteiger charge is 2.26. The number of carbonyl (C=O) groups is 2. The summed E-state index contributed by atoms with van der Waals surface area (Å²) in [6, 6.07) is 0. The number of rotatable bonds is 53. The topological polar surface area (TPSA) is 134 Å². The summed E-state index contributed by atoms with van der Waals surface area (Å²) in [6.45, 7) is 3.66. The molecule has 0 heterocycles. The summed E-state index contributed by atoms with van der Waals surface area (Å²) < 4.78 is 33.0. The minimum Gasteiger partial charge on any atom is -0.462 e. The lowest BCUT2D eigenvalue weighted by Crippen LogP contribution is -2.29. The van der Waals surface area contributed by atoms with Gasteiger partial charge in [0.1, 0.15) is 6.61 Å². The number of hydrogen-bond acceptors (Lipinski definition) is 8. The molecule has 0 rings (SSSR count). The third-order valence-corrected chi connectivity index (χ3v) is 13.2. The summed E-state index contributed by atoms with van der Waals surface area (Å²) in [5, 5.41) is 0. The number of nitrogens with two attached hydrogens (primary N) is 1. The van der Waals surface area contributed by atoms with E-state index in [4.69, 9.17) is 24.3 Å². The highest BCUT2D eigenvalue weighted by Crippen LogP contribution is 2.43. The van der Waals surface area contributed by atoms with Crippen molar-refractivity contribution in [1.29, 1.82) is 0 Å². The summed E-state index contributed by atoms with van der Waals surface area (Å²) in [6.07, 6.45) is 66.9. The van der Waals surface area contributed by atoms with Gasteiger partial charge in [-0.1, -0.05) is 254 Å². The number of carbonyl (C=O) groups excluding carboxylic acids is 2. The average Bonchev–Trinajstić information content (AvgIpc) is 3.33. The summed E-state index contributed by atoms with van der Waals surface area (Å²) in [5.41, 5.74) is 5.38. The van der Waals surface area contributed by atoms with Crippen molar-refractivity contribution in [2.45, 2.75) is 270 Å². The van der Waals surface area contributed by atoms with Crippen molar-refractivity contribution in [3.8, 4) is 0 Å². The number of ether oxygens (including phenoxy) is 2. The molecule has 0 spiro atoms. The zero-order valence-corrected chi connectivity index (χ0v) is 45.0. The van der Waals surface area contributed by atoms with Gasteiger partial charge in [0, 0.05) is 19.4 Å². The first-order valence-electron chi connectivity index (χ1n) is 28.3. The molecule has 396 valence electrons. The van der Waals surface area contributed by atoms with E-state index in [1.54, 1.807) is 0 Å². The lowest BCUT2D eigenvalue weighted by atomic mass is 10.0. The molecule has 0 radical (unpaired) electrons. The van der Waals surface area contributed by atoms with Crippen molar-refractivity contribution in [3.05, 3.63) is 60.8 Å². The maximum atomic E-state index is 12.7. The van der Waals surface area contributed by atoms with Crippen molar-refractivity contribution in [3.63, 3.8) is 0 Å². The molecule has 3 N–H and O–H groups in total. The highest BCUT2D eigenvalue weighted by atomic mass is 31.2. The largest absolute Gasteiger partial charge is 0.472 e. The van der Waals surface area contributed by atoms with Gasteiger partial charge in [0.15, 0.2) is 6.10 Å². The van der Waals surface area contributed by atoms with Gasteiger partial charge in [-0.3, -0.25) is 18.6 Å². The van der Waals surface area contributed by atoms with Crippen molar-refractivity contribution < 1.29 is 37.6 Å². The van der Waals surface area contributed by atoms with Gasteiger partial charge in [0.2, 0.25) is 0 Å². The zero-order chi connectivity index (χ0) is 49.5. The molecule has 0 aromatic heterocycles. The highest BCUT2D eigenvalue weighted by molar-refractivity contribution is 7.47. The molecule has 0 amide bonds. The molecule has 0 saturated heterocycles. The van der Waals surface area contributed by atoms with E-state index >= 15 is 0 Å². The number of phosphoric ester groups is 1. The van der Waals surface area contributed by atoms with Crippen LogP contribution < -0.4 is 5.73 Å². The molecule has 2 unspecified atom stereocenters. The van der Waals surface area contributed by atoms with E-state index in [-0.39, 0.29) is 38.6 Å². The van der Waals surface area contributed by atoms with Crippen molar-refractivity contribution in [1.82, 2.24) is 0 Å². The van der Waals surface area contributed by atoms with E-state index in [0.29, 0.717) is 6.42 Å². The van der Waals surface area contributed by atoms with Crippen molar-refractivity contribution >= 4 is 19.8 Å². The maximum absolute atomic E-state index is 12.7. The molecule has 0 aliphatic carbocycles. The lowest BCUT2D eigenvalue weighted by molar-refractivity contribution is -0.161. The van der Waals surface area contributed by atoms with Gasteiger partial charge in [0.05, 0.1) is 13.2 Å². The Morgan fingerprint density at radius 3 is 1.21 bits per heavy atom. The minimum absolute atomic E-state index is 0.0525. The fourth-order valence-corrected chi connectivity index (χ4v) is 8.78. The Balaban J connectivity index is 3.98. The number of hydrogen-bond donors (Lipinski definition) is 2. The van der Waals surface area contributed by atoms with Crippen LogP contribution in [-0.2, 0) is 32.7 Å². The first kappa shape index (κ1) is 65.7. The summed E-state index contributed by atoms with van der Waals surface area (Å²) in [4.78, 5) is 35.2. The minimum atomic E-state index is -4.39. The first-order valence-corrected chi connectivity index (χ1v) is 29.8. The van der Waals surface area contributed by atoms with Crippen LogP contribution in [0.2, 0.25) is 0 Å². The molecule has 10 heteroatoms. The molecule has 0 aliphatic heterocycles. The molecule has 2 atom stereocenters. The van der Waals surface area contributed by atoms with Crippen LogP contribution in [0.25, 0.3) is 0 Å². The Morgan fingerprint density at radius 2 is 0.809 bits per heavy atom. The van der Waals surface area contributed by atoms with Crippen LogP contribution in [0.5, 0.6) is 0 Å². The Kier molecular flexibility index (Phi) is 52.2. The van der Waals surface area contributed by atoms with Gasteiger partial charge in [-0.05, 0) is 57.8 Å². The fourth-order valence-electron chi connectivity index (χ4n) is 8.02. The average molecular weight is 976 g/mol. The van der Waals surface area contributed by atoms with Crippen LogP contribution in [0, 0.1) is 0 Å². The normalized spacial score (nSPS) is 13.5. The Bertz CT molecular complexity index is 1300. The summed E-state index contributed by atoms with van der Waals surface area (Å²) in [7, 11) is -4.39. The monoisotopic (exact) mass is 976 g/mol. The fraction of sp³-hybridized carbons (Fsp3) is 0.793. The molecule has 0 aromatic rings. The SMILES string of the molecule is CC/C=C\C/C=C\C/C=C\C/C=C\C/C=C\CCCCCCCCCCCCCC(=O)OC(COC(=O)CCCCCCCCCCCCCCCCCCCCCC)COP(=O)(O)OCCN. The van der Waals surface area contributed by atoms with E-state index in [1.165, 1.54) is 154 Å². The van der Waals surface area contributed by atoms with Crippen molar-refractivity contribution in [2.24, 2.45) is 5.73 Å². The predicted octanol–water partition coefficient (Wildman–Crippen LogP) is 17.6. The smallest absolute Gasteiger partial charge is 0.462 e. The molecule has 0 aromatic carbocycles. The zero-order valence-electron chi connectivity index (χ0n) is 44.1. The number of allylic oxidation sites excluding steroid dienone is 10. The van der Waals surface area contributed by atoms with E-state index in [9.17, 15) is 19.0 Å². The molecule has 0 aliphatic rings. The van der Waals surface area contributed by atoms with E-state index in [1.807, 2.05) is 0 Å². The molecular formula is C58H106NO8P. The Hall–Kier alpha value is -2.29. The van der Waals surface area contributed by atoms with Crippen LogP contribution in [0.4, 0.5) is 0 Å². The van der Waals surface area contributed by atoms with Gasteiger partial charge in [0.25, 0.3) is 0 Å². The van der Waals surface area contributed by atoms with Crippen LogP contribution in [0.15, 0.2) is 60.8 Å².